The van der Waals surface area contributed by atoms with E-state index in [9.17, 15) is 13.2 Å². The zero-order valence-corrected chi connectivity index (χ0v) is 20.3. The highest BCUT2D eigenvalue weighted by molar-refractivity contribution is 7.92. The fourth-order valence-corrected chi connectivity index (χ4v) is 5.01. The average molecular weight is 481 g/mol. The Labute approximate surface area is 200 Å². The van der Waals surface area contributed by atoms with Gasteiger partial charge in [0.1, 0.15) is 11.5 Å². The molecule has 178 valence electrons. The summed E-state index contributed by atoms with van der Waals surface area (Å²) in [6.45, 7) is 0.376. The second-order valence-electron chi connectivity index (χ2n) is 8.17. The van der Waals surface area contributed by atoms with E-state index in [1.54, 1.807) is 50.6 Å². The SMILES string of the molecule is COc1ccc(OC)c(CN(C(=O)c2ccc(S(=O)(=O)N(C)c3ccccc3)cc2)C2CC2)c1. The molecule has 8 heteroatoms. The van der Waals surface area contributed by atoms with Crippen molar-refractivity contribution in [2.45, 2.75) is 30.3 Å². The van der Waals surface area contributed by atoms with E-state index in [4.69, 9.17) is 9.47 Å². The average Bonchev–Trinajstić information content (AvgIpc) is 3.72. The summed E-state index contributed by atoms with van der Waals surface area (Å²) < 4.78 is 38.1. The van der Waals surface area contributed by atoms with E-state index in [-0.39, 0.29) is 16.8 Å². The van der Waals surface area contributed by atoms with Gasteiger partial charge in [-0.2, -0.15) is 0 Å². The van der Waals surface area contributed by atoms with E-state index >= 15 is 0 Å². The van der Waals surface area contributed by atoms with Crippen molar-refractivity contribution in [1.29, 1.82) is 0 Å². The van der Waals surface area contributed by atoms with Gasteiger partial charge in [0.2, 0.25) is 0 Å². The zero-order chi connectivity index (χ0) is 24.3. The Hall–Kier alpha value is -3.52. The molecule has 1 saturated carbocycles. The van der Waals surface area contributed by atoms with E-state index in [0.29, 0.717) is 29.3 Å². The molecule has 0 aliphatic heterocycles. The van der Waals surface area contributed by atoms with Crippen molar-refractivity contribution >= 4 is 21.6 Å². The number of amides is 1. The van der Waals surface area contributed by atoms with E-state index in [1.165, 1.54) is 23.5 Å². The van der Waals surface area contributed by atoms with Gasteiger partial charge in [0.25, 0.3) is 15.9 Å². The van der Waals surface area contributed by atoms with Crippen LogP contribution in [0.25, 0.3) is 0 Å². The van der Waals surface area contributed by atoms with E-state index < -0.39 is 10.0 Å². The summed E-state index contributed by atoms with van der Waals surface area (Å²) in [5.41, 5.74) is 1.86. The van der Waals surface area contributed by atoms with Crippen LogP contribution < -0.4 is 13.8 Å². The zero-order valence-electron chi connectivity index (χ0n) is 19.5. The molecule has 34 heavy (non-hydrogen) atoms. The van der Waals surface area contributed by atoms with Crippen LogP contribution in [0.1, 0.15) is 28.8 Å². The second-order valence-corrected chi connectivity index (χ2v) is 10.1. The molecule has 0 N–H and O–H groups in total. The van der Waals surface area contributed by atoms with Gasteiger partial charge in [-0.25, -0.2) is 8.42 Å². The Kier molecular flexibility index (Phi) is 6.79. The summed E-state index contributed by atoms with van der Waals surface area (Å²) in [4.78, 5) is 15.3. The number of hydrogen-bond acceptors (Lipinski definition) is 5. The number of sulfonamides is 1. The summed E-state index contributed by atoms with van der Waals surface area (Å²) in [5, 5.41) is 0. The van der Waals surface area contributed by atoms with Crippen molar-refractivity contribution < 1.29 is 22.7 Å². The van der Waals surface area contributed by atoms with Gasteiger partial charge in [0.15, 0.2) is 0 Å². The van der Waals surface area contributed by atoms with Crippen LogP contribution in [0.4, 0.5) is 5.69 Å². The summed E-state index contributed by atoms with van der Waals surface area (Å²) in [7, 11) is 0.963. The molecule has 0 atom stereocenters. The van der Waals surface area contributed by atoms with Crippen molar-refractivity contribution in [2.75, 3.05) is 25.6 Å². The van der Waals surface area contributed by atoms with Gasteiger partial charge in [-0.15, -0.1) is 0 Å². The minimum absolute atomic E-state index is 0.128. The van der Waals surface area contributed by atoms with E-state index in [1.807, 2.05) is 29.2 Å². The number of carbonyl (C=O) groups excluding carboxylic acids is 1. The number of benzene rings is 3. The van der Waals surface area contributed by atoms with E-state index in [2.05, 4.69) is 0 Å². The molecule has 0 radical (unpaired) electrons. The maximum atomic E-state index is 13.4. The monoisotopic (exact) mass is 480 g/mol. The predicted octanol–water partition coefficient (Wildman–Crippen LogP) is 4.33. The van der Waals surface area contributed by atoms with Crippen LogP contribution in [0.3, 0.4) is 0 Å². The van der Waals surface area contributed by atoms with Crippen LogP contribution in [-0.2, 0) is 16.6 Å². The lowest BCUT2D eigenvalue weighted by molar-refractivity contribution is 0.0728. The molecule has 3 aromatic carbocycles. The van der Waals surface area contributed by atoms with Gasteiger partial charge in [0.05, 0.1) is 31.3 Å². The summed E-state index contributed by atoms with van der Waals surface area (Å²) >= 11 is 0. The maximum absolute atomic E-state index is 13.4. The Balaban J connectivity index is 1.56. The van der Waals surface area contributed by atoms with E-state index in [0.717, 1.165) is 18.4 Å². The number of methoxy groups -OCH3 is 2. The van der Waals surface area contributed by atoms with Gasteiger partial charge in [-0.3, -0.25) is 9.10 Å². The molecule has 3 aromatic rings. The standard InChI is InChI=1S/C26H28N2O5S/c1-27(21-7-5-4-6-8-21)34(30,31)24-14-9-19(10-15-24)26(29)28(22-11-12-22)18-20-17-23(32-2)13-16-25(20)33-3/h4-10,13-17,22H,11-12,18H2,1-3H3. The molecule has 0 bridgehead atoms. The highest BCUT2D eigenvalue weighted by atomic mass is 32.2. The quantitative estimate of drug-likeness (QED) is 0.456. The number of carbonyl (C=O) groups is 1. The Morgan fingerprint density at radius 2 is 1.62 bits per heavy atom. The lowest BCUT2D eigenvalue weighted by atomic mass is 10.1. The highest BCUT2D eigenvalue weighted by Gasteiger charge is 2.34. The summed E-state index contributed by atoms with van der Waals surface area (Å²) in [5.74, 6) is 1.23. The van der Waals surface area contributed by atoms with Crippen LogP contribution >= 0.6 is 0 Å². The molecule has 7 nitrogen and oxygen atoms in total. The van der Waals surface area contributed by atoms with Crippen molar-refractivity contribution in [2.24, 2.45) is 0 Å². The predicted molar refractivity (Wildman–Crippen MR) is 131 cm³/mol. The maximum Gasteiger partial charge on any atom is 0.264 e. The van der Waals surface area contributed by atoms with Crippen molar-refractivity contribution in [1.82, 2.24) is 4.90 Å². The Morgan fingerprint density at radius 3 is 2.21 bits per heavy atom. The first-order chi connectivity index (χ1) is 16.3. The second kappa shape index (κ2) is 9.77. The fourth-order valence-electron chi connectivity index (χ4n) is 3.81. The van der Waals surface area contributed by atoms with Gasteiger partial charge in [-0.1, -0.05) is 18.2 Å². The number of ether oxygens (including phenoxy) is 2. The molecule has 1 aliphatic carbocycles. The Morgan fingerprint density at radius 1 is 0.941 bits per heavy atom. The molecule has 1 fully saturated rings. The minimum Gasteiger partial charge on any atom is -0.497 e. The molecule has 0 unspecified atom stereocenters. The topological polar surface area (TPSA) is 76.1 Å². The summed E-state index contributed by atoms with van der Waals surface area (Å²) in [6, 6.07) is 20.6. The van der Waals surface area contributed by atoms with Crippen molar-refractivity contribution in [3.63, 3.8) is 0 Å². The molecule has 0 saturated heterocycles. The first-order valence-electron chi connectivity index (χ1n) is 11.0. The molecule has 0 spiro atoms. The van der Waals surface area contributed by atoms with Crippen molar-refractivity contribution in [3.05, 3.63) is 83.9 Å². The van der Waals surface area contributed by atoms with Crippen LogP contribution in [0.5, 0.6) is 11.5 Å². The smallest absolute Gasteiger partial charge is 0.264 e. The van der Waals surface area contributed by atoms with Gasteiger partial charge < -0.3 is 14.4 Å². The molecular formula is C26H28N2O5S. The van der Waals surface area contributed by atoms with Gasteiger partial charge >= 0.3 is 0 Å². The minimum atomic E-state index is -3.75. The normalized spacial score (nSPS) is 13.3. The number of para-hydroxylation sites is 1. The van der Waals surface area contributed by atoms with Gasteiger partial charge in [0, 0.05) is 24.2 Å². The van der Waals surface area contributed by atoms with Gasteiger partial charge in [-0.05, 0) is 67.4 Å². The number of nitrogens with zero attached hydrogens (tertiary/aromatic N) is 2. The van der Waals surface area contributed by atoms with Crippen LogP contribution in [0.15, 0.2) is 77.7 Å². The van der Waals surface area contributed by atoms with Crippen LogP contribution in [0.2, 0.25) is 0 Å². The molecule has 4 rings (SSSR count). The van der Waals surface area contributed by atoms with Crippen LogP contribution in [0, 0.1) is 0 Å². The summed E-state index contributed by atoms with van der Waals surface area (Å²) in [6.07, 6.45) is 1.87. The lowest BCUT2D eigenvalue weighted by Gasteiger charge is -2.24. The number of rotatable bonds is 9. The fraction of sp³-hybridized carbons (Fsp3) is 0.269. The molecular weight excluding hydrogens is 452 g/mol. The third-order valence-electron chi connectivity index (χ3n) is 5.96. The third-order valence-corrected chi connectivity index (χ3v) is 7.76. The highest BCUT2D eigenvalue weighted by Crippen LogP contribution is 2.33. The molecule has 1 aliphatic rings. The largest absolute Gasteiger partial charge is 0.497 e. The third kappa shape index (κ3) is 4.87. The first-order valence-corrected chi connectivity index (χ1v) is 12.4. The molecule has 0 aromatic heterocycles. The lowest BCUT2D eigenvalue weighted by Crippen LogP contribution is -2.33. The molecule has 1 amide bonds. The number of hydrogen-bond donors (Lipinski definition) is 0. The Bertz CT molecular complexity index is 1260. The number of anilines is 1. The van der Waals surface area contributed by atoms with Crippen molar-refractivity contribution in [3.8, 4) is 11.5 Å². The first kappa shape index (κ1) is 23.6. The molecule has 0 heterocycles. The van der Waals surface area contributed by atoms with Crippen LogP contribution in [-0.4, -0.2) is 46.5 Å².